The maximum absolute atomic E-state index is 11.1. The van der Waals surface area contributed by atoms with E-state index in [1.807, 2.05) is 0 Å². The Morgan fingerprint density at radius 1 is 1.33 bits per heavy atom. The van der Waals surface area contributed by atoms with Gasteiger partial charge in [0, 0.05) is 11.3 Å². The Morgan fingerprint density at radius 2 is 2.00 bits per heavy atom. The summed E-state index contributed by atoms with van der Waals surface area (Å²) in [5.74, 6) is 0.593. The molecule has 0 atom stereocenters. The summed E-state index contributed by atoms with van der Waals surface area (Å²) < 4.78 is 0. The zero-order valence-electron chi connectivity index (χ0n) is 6.68. The topological polar surface area (TPSA) is 65.7 Å². The van der Waals surface area contributed by atoms with Crippen LogP contribution in [-0.2, 0) is 6.42 Å². The molecule has 1 rings (SSSR count). The maximum Gasteiger partial charge on any atom is 0.325 e. The highest BCUT2D eigenvalue weighted by Crippen LogP contribution is 1.96. The van der Waals surface area contributed by atoms with Crippen molar-refractivity contribution in [1.82, 2.24) is 9.97 Å². The highest BCUT2D eigenvalue weighted by atomic mass is 32.1. The first-order valence-corrected chi connectivity index (χ1v) is 4.21. The van der Waals surface area contributed by atoms with Crippen molar-refractivity contribution in [2.45, 2.75) is 13.3 Å². The van der Waals surface area contributed by atoms with Crippen LogP contribution >= 0.6 is 12.6 Å². The average Bonchev–Trinajstić information content (AvgIpc) is 1.96. The number of aromatic nitrogens is 2. The summed E-state index contributed by atoms with van der Waals surface area (Å²) in [4.78, 5) is 26.6. The van der Waals surface area contributed by atoms with E-state index in [1.54, 1.807) is 6.92 Å². The van der Waals surface area contributed by atoms with Gasteiger partial charge in [-0.15, -0.1) is 0 Å². The normalized spacial score (nSPS) is 10.2. The fourth-order valence-corrected chi connectivity index (χ4v) is 1.26. The molecule has 1 heterocycles. The van der Waals surface area contributed by atoms with Crippen LogP contribution < -0.4 is 11.2 Å². The third kappa shape index (κ3) is 1.79. The first-order valence-electron chi connectivity index (χ1n) is 3.58. The van der Waals surface area contributed by atoms with Gasteiger partial charge in [0.25, 0.3) is 5.56 Å². The van der Waals surface area contributed by atoms with Crippen molar-refractivity contribution in [3.05, 3.63) is 32.1 Å². The van der Waals surface area contributed by atoms with Gasteiger partial charge in [0.05, 0.1) is 0 Å². The molecule has 0 bridgehead atoms. The fraction of sp³-hybridized carbons (Fsp3) is 0.429. The van der Waals surface area contributed by atoms with Crippen LogP contribution in [-0.4, -0.2) is 15.7 Å². The Morgan fingerprint density at radius 3 is 2.50 bits per heavy atom. The first kappa shape index (κ1) is 9.12. The van der Waals surface area contributed by atoms with E-state index in [1.165, 1.54) is 0 Å². The number of aromatic amines is 2. The smallest absolute Gasteiger partial charge is 0.311 e. The average molecular weight is 186 g/mol. The van der Waals surface area contributed by atoms with Gasteiger partial charge in [0.15, 0.2) is 0 Å². The minimum absolute atomic E-state index is 0.315. The minimum atomic E-state index is -0.458. The van der Waals surface area contributed by atoms with Crippen molar-refractivity contribution in [2.75, 3.05) is 5.75 Å². The third-order valence-corrected chi connectivity index (χ3v) is 1.84. The third-order valence-electron chi connectivity index (χ3n) is 1.62. The van der Waals surface area contributed by atoms with Crippen LogP contribution in [0.4, 0.5) is 0 Å². The highest BCUT2D eigenvalue weighted by Gasteiger charge is 2.03. The van der Waals surface area contributed by atoms with Gasteiger partial charge >= 0.3 is 5.69 Å². The lowest BCUT2D eigenvalue weighted by molar-refractivity contribution is 0.926. The predicted octanol–water partition coefficient (Wildman–Crippen LogP) is -0.156. The summed E-state index contributed by atoms with van der Waals surface area (Å²) in [5, 5.41) is 0. The van der Waals surface area contributed by atoms with Gasteiger partial charge in [0.1, 0.15) is 0 Å². The van der Waals surface area contributed by atoms with E-state index in [2.05, 4.69) is 22.6 Å². The van der Waals surface area contributed by atoms with E-state index in [0.29, 0.717) is 23.4 Å². The Balaban J connectivity index is 3.29. The molecule has 0 saturated carbocycles. The molecule has 0 aliphatic carbocycles. The van der Waals surface area contributed by atoms with Gasteiger partial charge in [-0.25, -0.2) is 4.79 Å². The number of thiol groups is 1. The summed E-state index contributed by atoms with van der Waals surface area (Å²) in [6.45, 7) is 1.70. The van der Waals surface area contributed by atoms with Crippen molar-refractivity contribution in [2.24, 2.45) is 0 Å². The zero-order chi connectivity index (χ0) is 9.14. The van der Waals surface area contributed by atoms with Gasteiger partial charge in [-0.2, -0.15) is 12.6 Å². The van der Waals surface area contributed by atoms with Crippen molar-refractivity contribution in [3.8, 4) is 0 Å². The van der Waals surface area contributed by atoms with E-state index in [9.17, 15) is 9.59 Å². The van der Waals surface area contributed by atoms with Gasteiger partial charge < -0.3 is 4.98 Å². The number of H-pyrrole nitrogens is 2. The summed E-state index contributed by atoms with van der Waals surface area (Å²) in [5.41, 5.74) is 0.452. The molecule has 1 aromatic rings. The molecule has 12 heavy (non-hydrogen) atoms. The minimum Gasteiger partial charge on any atom is -0.311 e. The van der Waals surface area contributed by atoms with E-state index in [4.69, 9.17) is 0 Å². The molecule has 4 nitrogen and oxygen atoms in total. The standard InChI is InChI=1S/C7H10N2O2S/c1-4-5(2-3-12)6(10)9-7(11)8-4/h12H,2-3H2,1H3,(H2,8,9,10,11). The second-order valence-electron chi connectivity index (χ2n) is 2.49. The van der Waals surface area contributed by atoms with Gasteiger partial charge in [-0.1, -0.05) is 0 Å². The zero-order valence-corrected chi connectivity index (χ0v) is 7.57. The monoisotopic (exact) mass is 186 g/mol. The molecule has 2 N–H and O–H groups in total. The quantitative estimate of drug-likeness (QED) is 0.562. The van der Waals surface area contributed by atoms with Crippen LogP contribution in [0.1, 0.15) is 11.3 Å². The first-order chi connectivity index (χ1) is 5.65. The molecule has 0 aliphatic rings. The molecule has 0 spiro atoms. The summed E-state index contributed by atoms with van der Waals surface area (Å²) in [6.07, 6.45) is 0.570. The fourth-order valence-electron chi connectivity index (χ4n) is 1.04. The highest BCUT2D eigenvalue weighted by molar-refractivity contribution is 7.80. The van der Waals surface area contributed by atoms with Crippen LogP contribution in [0.3, 0.4) is 0 Å². The lowest BCUT2D eigenvalue weighted by Gasteiger charge is -1.99. The number of rotatable bonds is 2. The Hall–Kier alpha value is -0.970. The van der Waals surface area contributed by atoms with Gasteiger partial charge in [-0.05, 0) is 19.1 Å². The Labute approximate surface area is 74.4 Å². The van der Waals surface area contributed by atoms with Crippen LogP contribution in [0.2, 0.25) is 0 Å². The van der Waals surface area contributed by atoms with E-state index in [-0.39, 0.29) is 5.56 Å². The molecular formula is C7H10N2O2S. The molecule has 5 heteroatoms. The summed E-state index contributed by atoms with van der Waals surface area (Å²) in [6, 6.07) is 0. The van der Waals surface area contributed by atoms with E-state index < -0.39 is 5.69 Å². The van der Waals surface area contributed by atoms with Crippen molar-refractivity contribution >= 4 is 12.6 Å². The van der Waals surface area contributed by atoms with Gasteiger partial charge in [-0.3, -0.25) is 9.78 Å². The van der Waals surface area contributed by atoms with Gasteiger partial charge in [0.2, 0.25) is 0 Å². The Bertz CT molecular complexity index is 380. The molecule has 0 radical (unpaired) electrons. The van der Waals surface area contributed by atoms with Crippen molar-refractivity contribution in [3.63, 3.8) is 0 Å². The molecule has 0 aliphatic heterocycles. The van der Waals surface area contributed by atoms with Crippen molar-refractivity contribution in [1.29, 1.82) is 0 Å². The van der Waals surface area contributed by atoms with Crippen LogP contribution in [0.25, 0.3) is 0 Å². The number of aryl methyl sites for hydroxylation is 1. The van der Waals surface area contributed by atoms with E-state index >= 15 is 0 Å². The molecule has 0 aromatic carbocycles. The second kappa shape index (κ2) is 3.62. The molecule has 0 saturated heterocycles. The number of hydrogen-bond donors (Lipinski definition) is 3. The molecule has 0 unspecified atom stereocenters. The lowest BCUT2D eigenvalue weighted by Crippen LogP contribution is -2.27. The van der Waals surface area contributed by atoms with Crippen LogP contribution in [0, 0.1) is 6.92 Å². The summed E-state index contributed by atoms with van der Waals surface area (Å²) >= 11 is 4.01. The molecular weight excluding hydrogens is 176 g/mol. The van der Waals surface area contributed by atoms with Crippen LogP contribution in [0.15, 0.2) is 9.59 Å². The number of nitrogens with one attached hydrogen (secondary N) is 2. The second-order valence-corrected chi connectivity index (χ2v) is 2.93. The largest absolute Gasteiger partial charge is 0.325 e. The number of hydrogen-bond acceptors (Lipinski definition) is 3. The SMILES string of the molecule is Cc1[nH]c(=O)[nH]c(=O)c1CCS. The molecule has 1 aromatic heterocycles. The Kier molecular flexibility index (Phi) is 2.75. The summed E-state index contributed by atoms with van der Waals surface area (Å²) in [7, 11) is 0. The maximum atomic E-state index is 11.1. The molecule has 0 fully saturated rings. The predicted molar refractivity (Wildman–Crippen MR) is 50.0 cm³/mol. The van der Waals surface area contributed by atoms with Crippen LogP contribution in [0.5, 0.6) is 0 Å². The molecule has 66 valence electrons. The van der Waals surface area contributed by atoms with E-state index in [0.717, 1.165) is 0 Å². The lowest BCUT2D eigenvalue weighted by atomic mass is 10.2. The van der Waals surface area contributed by atoms with Crippen molar-refractivity contribution < 1.29 is 0 Å². The molecule has 0 amide bonds.